The van der Waals surface area contributed by atoms with Crippen molar-refractivity contribution in [2.75, 3.05) is 24.7 Å². The fraction of sp³-hybridized carbons (Fsp3) is 0.333. The Morgan fingerprint density at radius 2 is 1.63 bits per heavy atom. The van der Waals surface area contributed by atoms with Gasteiger partial charge in [-0.25, -0.2) is 9.97 Å². The molecule has 0 amide bonds. The molecule has 0 unspecified atom stereocenters. The van der Waals surface area contributed by atoms with E-state index < -0.39 is 0 Å². The van der Waals surface area contributed by atoms with E-state index >= 15 is 0 Å². The van der Waals surface area contributed by atoms with Crippen LogP contribution in [0.1, 0.15) is 45.9 Å². The summed E-state index contributed by atoms with van der Waals surface area (Å²) in [5.41, 5.74) is 10.5. The molecule has 2 aromatic heterocycles. The van der Waals surface area contributed by atoms with Crippen LogP contribution < -0.4 is 5.73 Å². The predicted molar refractivity (Wildman–Crippen MR) is 148 cm³/mol. The number of benzene rings is 2. The van der Waals surface area contributed by atoms with Gasteiger partial charge in [-0.2, -0.15) is 0 Å². The average molecular weight is 524 g/mol. The molecule has 0 saturated heterocycles. The van der Waals surface area contributed by atoms with Gasteiger partial charge < -0.3 is 15.2 Å². The van der Waals surface area contributed by atoms with Gasteiger partial charge in [-0.15, -0.1) is 23.1 Å². The van der Waals surface area contributed by atoms with Crippen LogP contribution in [0.25, 0.3) is 10.2 Å². The molecule has 1 aliphatic rings. The summed E-state index contributed by atoms with van der Waals surface area (Å²) in [4.78, 5) is 11.9. The first-order valence-corrected chi connectivity index (χ1v) is 14.6. The second-order valence-corrected chi connectivity index (χ2v) is 11.5. The number of ether oxygens (including phenoxy) is 2. The average Bonchev–Trinajstić information content (AvgIpc) is 3.27. The van der Waals surface area contributed by atoms with E-state index in [1.165, 1.54) is 33.3 Å². The van der Waals surface area contributed by atoms with Crippen LogP contribution in [0.5, 0.6) is 0 Å². The molecule has 4 aromatic rings. The minimum absolute atomic E-state index is 0.236. The summed E-state index contributed by atoms with van der Waals surface area (Å²) in [6, 6.07) is 21.5. The summed E-state index contributed by atoms with van der Waals surface area (Å²) < 4.78 is 11.3. The maximum Gasteiger partial charge on any atom is 0.191 e. The first-order chi connectivity index (χ1) is 17.2. The second-order valence-electron chi connectivity index (χ2n) is 8.20. The minimum Gasteiger partial charge on any atom is -0.383 e. The van der Waals surface area contributed by atoms with Gasteiger partial charge in [-0.3, -0.25) is 0 Å². The van der Waals surface area contributed by atoms with E-state index in [2.05, 4.69) is 65.6 Å². The summed E-state index contributed by atoms with van der Waals surface area (Å²) in [6.45, 7) is 5.15. The summed E-state index contributed by atoms with van der Waals surface area (Å²) in [5, 5.41) is 2.27. The van der Waals surface area contributed by atoms with E-state index in [9.17, 15) is 0 Å². The van der Waals surface area contributed by atoms with Crippen LogP contribution in [0.3, 0.4) is 0 Å². The highest BCUT2D eigenvalue weighted by Crippen LogP contribution is 2.55. The molecule has 0 bridgehead atoms. The maximum atomic E-state index is 6.59. The van der Waals surface area contributed by atoms with Crippen molar-refractivity contribution in [1.29, 1.82) is 0 Å². The highest BCUT2D eigenvalue weighted by molar-refractivity contribution is 8.00. The quantitative estimate of drug-likeness (QED) is 0.146. The third-order valence-electron chi connectivity index (χ3n) is 5.94. The number of thiophene rings is 1. The molecule has 182 valence electrons. The second kappa shape index (κ2) is 11.3. The zero-order valence-corrected chi connectivity index (χ0v) is 22.3. The van der Waals surface area contributed by atoms with E-state index in [-0.39, 0.29) is 11.5 Å². The molecule has 0 spiro atoms. The SMILES string of the molecule is CCOC(CSc1nc(N)c2c3c(sc2n1)[C@H](c1ccccc1)S[C@H](c1ccccc1)C3)OCC. The van der Waals surface area contributed by atoms with Crippen molar-refractivity contribution in [2.24, 2.45) is 0 Å². The number of hydrogen-bond acceptors (Lipinski definition) is 8. The van der Waals surface area contributed by atoms with E-state index in [0.717, 1.165) is 16.6 Å². The Hall–Kier alpha value is -2.10. The van der Waals surface area contributed by atoms with Gasteiger partial charge in [0, 0.05) is 23.3 Å². The van der Waals surface area contributed by atoms with E-state index in [0.29, 0.717) is 35.2 Å². The minimum atomic E-state index is -0.280. The number of nitrogens with two attached hydrogens (primary N) is 1. The lowest BCUT2D eigenvalue weighted by Gasteiger charge is -2.30. The van der Waals surface area contributed by atoms with Gasteiger partial charge in [-0.1, -0.05) is 72.4 Å². The topological polar surface area (TPSA) is 70.3 Å². The van der Waals surface area contributed by atoms with Crippen LogP contribution in [0.15, 0.2) is 65.8 Å². The number of fused-ring (bicyclic) bond motifs is 3. The lowest BCUT2D eigenvalue weighted by Crippen LogP contribution is -2.20. The van der Waals surface area contributed by atoms with Crippen molar-refractivity contribution in [3.05, 3.63) is 82.2 Å². The molecule has 2 atom stereocenters. The van der Waals surface area contributed by atoms with Gasteiger partial charge in [0.1, 0.15) is 10.6 Å². The fourth-order valence-corrected chi connectivity index (χ4v) is 8.27. The van der Waals surface area contributed by atoms with Gasteiger partial charge in [0.05, 0.1) is 16.4 Å². The molecular formula is C27H29N3O2S3. The zero-order chi connectivity index (χ0) is 24.2. The molecule has 0 fully saturated rings. The first-order valence-electron chi connectivity index (χ1n) is 11.9. The summed E-state index contributed by atoms with van der Waals surface area (Å²) in [5.74, 6) is 1.18. The molecular weight excluding hydrogens is 495 g/mol. The lowest BCUT2D eigenvalue weighted by molar-refractivity contribution is -0.120. The monoisotopic (exact) mass is 523 g/mol. The third kappa shape index (κ3) is 5.37. The van der Waals surface area contributed by atoms with Crippen LogP contribution in [0.4, 0.5) is 5.82 Å². The largest absolute Gasteiger partial charge is 0.383 e. The molecule has 0 saturated carbocycles. The van der Waals surface area contributed by atoms with Crippen molar-refractivity contribution in [2.45, 2.75) is 42.2 Å². The van der Waals surface area contributed by atoms with Crippen molar-refractivity contribution < 1.29 is 9.47 Å². The molecule has 2 aromatic carbocycles. The number of aromatic nitrogens is 2. The maximum absolute atomic E-state index is 6.59. The molecule has 8 heteroatoms. The van der Waals surface area contributed by atoms with Gasteiger partial charge in [-0.05, 0) is 37.0 Å². The molecule has 3 heterocycles. The Balaban J connectivity index is 1.52. The number of hydrogen-bond donors (Lipinski definition) is 1. The van der Waals surface area contributed by atoms with E-state index in [1.807, 2.05) is 25.6 Å². The van der Waals surface area contributed by atoms with Gasteiger partial charge in [0.2, 0.25) is 0 Å². The summed E-state index contributed by atoms with van der Waals surface area (Å²) in [6.07, 6.45) is 0.641. The third-order valence-corrected chi connectivity index (χ3v) is 9.71. The molecule has 35 heavy (non-hydrogen) atoms. The normalized spacial score (nSPS) is 17.7. The number of rotatable bonds is 9. The highest BCUT2D eigenvalue weighted by Gasteiger charge is 2.34. The Morgan fingerprint density at radius 3 is 2.29 bits per heavy atom. The zero-order valence-electron chi connectivity index (χ0n) is 19.8. The smallest absolute Gasteiger partial charge is 0.191 e. The first kappa shape index (κ1) is 24.6. The highest BCUT2D eigenvalue weighted by atomic mass is 32.2. The van der Waals surface area contributed by atoms with E-state index in [1.54, 1.807) is 11.3 Å². The van der Waals surface area contributed by atoms with Crippen molar-refractivity contribution in [3.63, 3.8) is 0 Å². The number of nitrogen functional groups attached to an aromatic ring is 1. The molecule has 1 aliphatic heterocycles. The summed E-state index contributed by atoms with van der Waals surface area (Å²) >= 11 is 5.30. The lowest BCUT2D eigenvalue weighted by atomic mass is 9.98. The molecule has 5 nitrogen and oxygen atoms in total. The number of thioether (sulfide) groups is 2. The standard InChI is InChI=1S/C27H29N3O2S3/c1-3-31-21(32-4-2)16-33-27-29-25(28)22-19-15-20(17-11-7-5-8-12-17)34-23(18-13-9-6-10-14-18)24(19)35-26(22)30-27/h5-14,20-21,23H,3-4,15-16H2,1-2H3,(H2,28,29,30)/t20-,23-/m0/s1. The van der Waals surface area contributed by atoms with Gasteiger partial charge in [0.25, 0.3) is 0 Å². The van der Waals surface area contributed by atoms with Crippen LogP contribution in [-0.2, 0) is 15.9 Å². The van der Waals surface area contributed by atoms with E-state index in [4.69, 9.17) is 20.2 Å². The van der Waals surface area contributed by atoms with Crippen LogP contribution in [-0.4, -0.2) is 35.2 Å². The van der Waals surface area contributed by atoms with Gasteiger partial charge >= 0.3 is 0 Å². The Morgan fingerprint density at radius 1 is 0.971 bits per heavy atom. The molecule has 2 N–H and O–H groups in total. The van der Waals surface area contributed by atoms with Crippen molar-refractivity contribution in [1.82, 2.24) is 9.97 Å². The number of anilines is 1. The number of nitrogens with zero attached hydrogens (tertiary/aromatic N) is 2. The van der Waals surface area contributed by atoms with Crippen LogP contribution >= 0.6 is 34.9 Å². The molecule has 0 aliphatic carbocycles. The Kier molecular flexibility index (Phi) is 7.94. The van der Waals surface area contributed by atoms with Crippen molar-refractivity contribution >= 4 is 50.9 Å². The predicted octanol–water partition coefficient (Wildman–Crippen LogP) is 6.88. The molecule has 5 rings (SSSR count). The van der Waals surface area contributed by atoms with Crippen LogP contribution in [0.2, 0.25) is 0 Å². The van der Waals surface area contributed by atoms with Crippen LogP contribution in [0, 0.1) is 0 Å². The Bertz CT molecular complexity index is 1260. The van der Waals surface area contributed by atoms with Gasteiger partial charge in [0.15, 0.2) is 11.4 Å². The van der Waals surface area contributed by atoms with Crippen molar-refractivity contribution in [3.8, 4) is 0 Å². The molecule has 0 radical (unpaired) electrons. The summed E-state index contributed by atoms with van der Waals surface area (Å²) in [7, 11) is 0. The fourth-order valence-electron chi connectivity index (χ4n) is 4.40. The Labute approximate surface area is 218 Å².